The van der Waals surface area contributed by atoms with Gasteiger partial charge in [0.2, 0.25) is 0 Å². The Morgan fingerprint density at radius 1 is 1.34 bits per heavy atom. The van der Waals surface area contributed by atoms with Gasteiger partial charge in [0, 0.05) is 35.7 Å². The van der Waals surface area contributed by atoms with E-state index in [9.17, 15) is 10.4 Å². The molecule has 7 nitrogen and oxygen atoms in total. The average molecular weight is 477 g/mol. The molecule has 1 atom stereocenters. The SMILES string of the molecule is CC(C)(C)NCC/C(=C\CO)c1cc2c(C3=CC=C(OC4CCOCC4)C(C#N)C3)ccnc2[nH]1. The number of aliphatic hydroxyl groups excluding tert-OH is 1. The van der Waals surface area contributed by atoms with E-state index in [4.69, 9.17) is 9.47 Å². The van der Waals surface area contributed by atoms with Crippen LogP contribution < -0.4 is 5.32 Å². The van der Waals surface area contributed by atoms with Crippen LogP contribution in [0, 0.1) is 17.2 Å². The van der Waals surface area contributed by atoms with Crippen LogP contribution in [0.5, 0.6) is 0 Å². The number of ether oxygens (including phenoxy) is 2. The summed E-state index contributed by atoms with van der Waals surface area (Å²) >= 11 is 0. The first-order valence-corrected chi connectivity index (χ1v) is 12.5. The van der Waals surface area contributed by atoms with Gasteiger partial charge in [-0.05, 0) is 75.1 Å². The van der Waals surface area contributed by atoms with Gasteiger partial charge in [0.05, 0.1) is 25.9 Å². The zero-order chi connectivity index (χ0) is 24.8. The van der Waals surface area contributed by atoms with E-state index in [2.05, 4.69) is 54.3 Å². The molecule has 35 heavy (non-hydrogen) atoms. The number of hydrogen-bond acceptors (Lipinski definition) is 6. The number of rotatable bonds is 8. The number of allylic oxidation sites excluding steroid dienone is 4. The molecule has 2 aromatic rings. The minimum Gasteiger partial charge on any atom is -0.493 e. The lowest BCUT2D eigenvalue weighted by atomic mass is 9.88. The summed E-state index contributed by atoms with van der Waals surface area (Å²) in [6, 6.07) is 6.55. The molecule has 7 heteroatoms. The fourth-order valence-electron chi connectivity index (χ4n) is 4.61. The van der Waals surface area contributed by atoms with Gasteiger partial charge >= 0.3 is 0 Å². The number of nitriles is 1. The van der Waals surface area contributed by atoms with Crippen molar-refractivity contribution >= 4 is 22.2 Å². The van der Waals surface area contributed by atoms with Crippen molar-refractivity contribution in [2.24, 2.45) is 5.92 Å². The minimum atomic E-state index is -0.312. The Hall–Kier alpha value is -2.92. The van der Waals surface area contributed by atoms with Crippen molar-refractivity contribution < 1.29 is 14.6 Å². The Bertz CT molecular complexity index is 1160. The van der Waals surface area contributed by atoms with Crippen LogP contribution in [0.3, 0.4) is 0 Å². The molecular formula is C28H36N4O3. The van der Waals surface area contributed by atoms with Crippen molar-refractivity contribution in [2.45, 2.75) is 58.1 Å². The molecule has 0 bridgehead atoms. The molecule has 4 rings (SSSR count). The first kappa shape index (κ1) is 25.2. The van der Waals surface area contributed by atoms with Crippen molar-refractivity contribution in [1.29, 1.82) is 5.26 Å². The second kappa shape index (κ2) is 11.2. The number of aromatic amines is 1. The van der Waals surface area contributed by atoms with Crippen LogP contribution in [0.25, 0.3) is 22.2 Å². The molecule has 1 unspecified atom stereocenters. The number of hydrogen-bond donors (Lipinski definition) is 3. The summed E-state index contributed by atoms with van der Waals surface area (Å²) in [7, 11) is 0. The highest BCUT2D eigenvalue weighted by atomic mass is 16.5. The van der Waals surface area contributed by atoms with Gasteiger partial charge < -0.3 is 24.9 Å². The number of aromatic nitrogens is 2. The van der Waals surface area contributed by atoms with Crippen LogP contribution in [0.1, 0.15) is 57.7 Å². The van der Waals surface area contributed by atoms with Gasteiger partial charge in [-0.3, -0.25) is 0 Å². The topological polar surface area (TPSA) is 103 Å². The summed E-state index contributed by atoms with van der Waals surface area (Å²) in [5.41, 5.74) is 4.99. The minimum absolute atomic E-state index is 0.0177. The van der Waals surface area contributed by atoms with Crippen LogP contribution in [0.15, 0.2) is 42.3 Å². The smallest absolute Gasteiger partial charge is 0.138 e. The van der Waals surface area contributed by atoms with E-state index in [0.717, 1.165) is 65.0 Å². The Morgan fingerprint density at radius 2 is 2.14 bits per heavy atom. The van der Waals surface area contributed by atoms with Gasteiger partial charge in [-0.1, -0.05) is 12.2 Å². The third-order valence-electron chi connectivity index (χ3n) is 6.45. The van der Waals surface area contributed by atoms with Crippen molar-refractivity contribution in [3.63, 3.8) is 0 Å². The molecule has 3 heterocycles. The number of nitrogens with one attached hydrogen (secondary N) is 2. The Morgan fingerprint density at radius 3 is 2.86 bits per heavy atom. The first-order chi connectivity index (χ1) is 16.9. The van der Waals surface area contributed by atoms with E-state index in [1.54, 1.807) is 6.20 Å². The van der Waals surface area contributed by atoms with E-state index in [0.29, 0.717) is 19.6 Å². The Balaban J connectivity index is 1.59. The Kier molecular flexibility index (Phi) is 8.07. The highest BCUT2D eigenvalue weighted by Gasteiger charge is 2.26. The highest BCUT2D eigenvalue weighted by Crippen LogP contribution is 2.36. The van der Waals surface area contributed by atoms with E-state index in [-0.39, 0.29) is 24.2 Å². The summed E-state index contributed by atoms with van der Waals surface area (Å²) in [4.78, 5) is 7.98. The lowest BCUT2D eigenvalue weighted by Crippen LogP contribution is -2.36. The maximum absolute atomic E-state index is 9.87. The van der Waals surface area contributed by atoms with E-state index in [1.165, 1.54) is 0 Å². The van der Waals surface area contributed by atoms with Crippen molar-refractivity contribution in [3.05, 3.63) is 53.6 Å². The van der Waals surface area contributed by atoms with Crippen molar-refractivity contribution in [2.75, 3.05) is 26.4 Å². The third-order valence-corrected chi connectivity index (χ3v) is 6.45. The second-order valence-electron chi connectivity index (χ2n) is 10.2. The number of nitrogens with zero attached hydrogens (tertiary/aromatic N) is 2. The number of H-pyrrole nitrogens is 1. The zero-order valence-electron chi connectivity index (χ0n) is 20.9. The number of fused-ring (bicyclic) bond motifs is 1. The fourth-order valence-corrected chi connectivity index (χ4v) is 4.61. The van der Waals surface area contributed by atoms with Crippen LogP contribution >= 0.6 is 0 Å². The number of pyridine rings is 1. The normalized spacial score (nSPS) is 19.9. The zero-order valence-corrected chi connectivity index (χ0v) is 20.9. The van der Waals surface area contributed by atoms with Crippen molar-refractivity contribution in [1.82, 2.24) is 15.3 Å². The molecule has 0 amide bonds. The monoisotopic (exact) mass is 476 g/mol. The van der Waals surface area contributed by atoms with Crippen molar-refractivity contribution in [3.8, 4) is 6.07 Å². The van der Waals surface area contributed by atoms with Gasteiger partial charge in [0.1, 0.15) is 23.4 Å². The largest absolute Gasteiger partial charge is 0.493 e. The molecule has 3 N–H and O–H groups in total. The van der Waals surface area contributed by atoms with E-state index >= 15 is 0 Å². The maximum atomic E-state index is 9.87. The second-order valence-corrected chi connectivity index (χ2v) is 10.2. The van der Waals surface area contributed by atoms with Crippen LogP contribution in [0.2, 0.25) is 0 Å². The summed E-state index contributed by atoms with van der Waals surface area (Å²) < 4.78 is 11.6. The van der Waals surface area contributed by atoms with Gasteiger partial charge in [-0.15, -0.1) is 0 Å². The fraction of sp³-hybridized carbons (Fsp3) is 0.500. The lowest BCUT2D eigenvalue weighted by molar-refractivity contribution is -0.00914. The molecule has 0 aromatic carbocycles. The average Bonchev–Trinajstić information content (AvgIpc) is 3.28. The molecule has 0 spiro atoms. The summed E-state index contributed by atoms with van der Waals surface area (Å²) in [6.07, 6.45) is 10.9. The highest BCUT2D eigenvalue weighted by molar-refractivity contribution is 5.93. The molecule has 2 aromatic heterocycles. The summed E-state index contributed by atoms with van der Waals surface area (Å²) in [6.45, 7) is 8.63. The van der Waals surface area contributed by atoms with Crippen LogP contribution in [-0.2, 0) is 9.47 Å². The third kappa shape index (κ3) is 6.40. The summed E-state index contributed by atoms with van der Waals surface area (Å²) in [5, 5.41) is 24.0. The summed E-state index contributed by atoms with van der Waals surface area (Å²) in [5.74, 6) is 0.440. The Labute approximate surface area is 207 Å². The molecule has 2 aliphatic rings. The first-order valence-electron chi connectivity index (χ1n) is 12.5. The predicted octanol–water partition coefficient (Wildman–Crippen LogP) is 4.72. The van der Waals surface area contributed by atoms with E-state index in [1.807, 2.05) is 18.2 Å². The molecule has 1 fully saturated rings. The number of aliphatic hydroxyl groups is 1. The van der Waals surface area contributed by atoms with Gasteiger partial charge in [0.15, 0.2) is 0 Å². The molecule has 0 saturated carbocycles. The predicted molar refractivity (Wildman–Crippen MR) is 138 cm³/mol. The molecule has 186 valence electrons. The van der Waals surface area contributed by atoms with Gasteiger partial charge in [0.25, 0.3) is 0 Å². The van der Waals surface area contributed by atoms with E-state index < -0.39 is 0 Å². The molecule has 1 aliphatic heterocycles. The molecule has 1 saturated heterocycles. The maximum Gasteiger partial charge on any atom is 0.138 e. The molecular weight excluding hydrogens is 440 g/mol. The standard InChI is InChI=1S/C28H36N4O3/c1-28(2,3)31-12-6-19(8-13-33)25-17-24-23(7-11-30-27(24)32-25)20-4-5-26(21(16-20)18-29)35-22-9-14-34-15-10-22/h4-5,7-8,11,17,21-22,31,33H,6,9-10,12-16H2,1-3H3,(H,30,32)/b19-8+. The van der Waals surface area contributed by atoms with Crippen LogP contribution in [0.4, 0.5) is 0 Å². The van der Waals surface area contributed by atoms with Crippen LogP contribution in [-0.4, -0.2) is 53.1 Å². The lowest BCUT2D eigenvalue weighted by Gasteiger charge is -2.28. The van der Waals surface area contributed by atoms with Gasteiger partial charge in [-0.2, -0.15) is 5.26 Å². The molecule has 1 aliphatic carbocycles. The molecule has 0 radical (unpaired) electrons. The van der Waals surface area contributed by atoms with Gasteiger partial charge in [-0.25, -0.2) is 4.98 Å². The quantitative estimate of drug-likeness (QED) is 0.509.